The number of aliphatic carboxylic acids is 1. The van der Waals surface area contributed by atoms with E-state index in [0.717, 1.165) is 43.6 Å². The first-order valence-corrected chi connectivity index (χ1v) is 6.54. The third-order valence-electron chi connectivity index (χ3n) is 3.61. The van der Waals surface area contributed by atoms with E-state index >= 15 is 0 Å². The van der Waals surface area contributed by atoms with Crippen molar-refractivity contribution in [1.82, 2.24) is 14.7 Å². The minimum Gasteiger partial charge on any atom is -0.480 e. The van der Waals surface area contributed by atoms with Gasteiger partial charge in [-0.2, -0.15) is 5.10 Å². The molecule has 1 unspecified atom stereocenters. The smallest absolute Gasteiger partial charge is 0.320 e. The van der Waals surface area contributed by atoms with Gasteiger partial charge in [0.1, 0.15) is 6.04 Å². The molecule has 1 aromatic heterocycles. The summed E-state index contributed by atoms with van der Waals surface area (Å²) >= 11 is 0. The van der Waals surface area contributed by atoms with Crippen molar-refractivity contribution in [2.45, 2.75) is 45.2 Å². The van der Waals surface area contributed by atoms with Gasteiger partial charge < -0.3 is 5.11 Å². The van der Waals surface area contributed by atoms with Crippen molar-refractivity contribution in [3.63, 3.8) is 0 Å². The van der Waals surface area contributed by atoms with Crippen LogP contribution in [-0.4, -0.2) is 38.3 Å². The van der Waals surface area contributed by atoms with Crippen molar-refractivity contribution in [2.24, 2.45) is 7.05 Å². The number of carboxylic acids is 1. The maximum atomic E-state index is 11.3. The highest BCUT2D eigenvalue weighted by Crippen LogP contribution is 2.19. The lowest BCUT2D eigenvalue weighted by atomic mass is 10.1. The average Bonchev–Trinajstić information content (AvgIpc) is 2.52. The number of rotatable bonds is 3. The van der Waals surface area contributed by atoms with Crippen LogP contribution in [-0.2, 0) is 18.4 Å². The molecule has 5 nitrogen and oxygen atoms in total. The summed E-state index contributed by atoms with van der Waals surface area (Å²) in [4.78, 5) is 13.4. The lowest BCUT2D eigenvalue weighted by Gasteiger charge is -2.26. The predicted molar refractivity (Wildman–Crippen MR) is 68.2 cm³/mol. The van der Waals surface area contributed by atoms with E-state index in [9.17, 15) is 9.90 Å². The van der Waals surface area contributed by atoms with Crippen LogP contribution in [0.4, 0.5) is 0 Å². The van der Waals surface area contributed by atoms with Gasteiger partial charge in [-0.3, -0.25) is 14.4 Å². The van der Waals surface area contributed by atoms with Crippen LogP contribution >= 0.6 is 0 Å². The maximum Gasteiger partial charge on any atom is 0.320 e. The number of carboxylic acid groups (broad SMARTS) is 1. The Kier molecular flexibility index (Phi) is 4.01. The summed E-state index contributed by atoms with van der Waals surface area (Å²) in [6.07, 6.45) is 3.98. The molecule has 0 radical (unpaired) electrons. The van der Waals surface area contributed by atoms with E-state index in [-0.39, 0.29) is 6.04 Å². The molecule has 1 aliphatic rings. The van der Waals surface area contributed by atoms with Crippen LogP contribution in [0.2, 0.25) is 0 Å². The number of aryl methyl sites for hydroxylation is 2. The van der Waals surface area contributed by atoms with E-state index in [1.54, 1.807) is 0 Å². The zero-order chi connectivity index (χ0) is 13.1. The number of nitrogens with zero attached hydrogens (tertiary/aromatic N) is 3. The Labute approximate surface area is 107 Å². The van der Waals surface area contributed by atoms with Crippen molar-refractivity contribution >= 4 is 5.97 Å². The van der Waals surface area contributed by atoms with Crippen LogP contribution in [0.5, 0.6) is 0 Å². The third kappa shape index (κ3) is 2.90. The first-order chi connectivity index (χ1) is 8.58. The van der Waals surface area contributed by atoms with E-state index in [1.165, 1.54) is 0 Å². The van der Waals surface area contributed by atoms with Crippen molar-refractivity contribution in [1.29, 1.82) is 0 Å². The van der Waals surface area contributed by atoms with Crippen molar-refractivity contribution in [2.75, 3.05) is 6.54 Å². The molecule has 0 aromatic carbocycles. The molecule has 5 heteroatoms. The van der Waals surface area contributed by atoms with Gasteiger partial charge in [0, 0.05) is 13.6 Å². The van der Waals surface area contributed by atoms with Crippen LogP contribution in [0.1, 0.15) is 37.1 Å². The molecule has 1 aliphatic heterocycles. The summed E-state index contributed by atoms with van der Waals surface area (Å²) in [6.45, 7) is 3.50. The van der Waals surface area contributed by atoms with E-state index in [1.807, 2.05) is 24.7 Å². The zero-order valence-corrected chi connectivity index (χ0v) is 11.1. The van der Waals surface area contributed by atoms with E-state index in [0.29, 0.717) is 6.54 Å². The summed E-state index contributed by atoms with van der Waals surface area (Å²) < 4.78 is 1.85. The predicted octanol–water partition coefficient (Wildman–Crippen LogP) is 1.56. The second-order valence-electron chi connectivity index (χ2n) is 5.07. The Hall–Kier alpha value is -1.36. The van der Waals surface area contributed by atoms with E-state index in [4.69, 9.17) is 0 Å². The minimum atomic E-state index is -0.698. The fraction of sp³-hybridized carbons (Fsp3) is 0.692. The fourth-order valence-corrected chi connectivity index (χ4v) is 2.66. The number of hydrogen-bond donors (Lipinski definition) is 1. The zero-order valence-electron chi connectivity index (χ0n) is 11.1. The fourth-order valence-electron chi connectivity index (χ4n) is 2.66. The summed E-state index contributed by atoms with van der Waals surface area (Å²) in [5.74, 6) is -0.698. The lowest BCUT2D eigenvalue weighted by Crippen LogP contribution is -2.40. The molecule has 2 rings (SSSR count). The summed E-state index contributed by atoms with van der Waals surface area (Å²) in [6, 6.07) is 1.69. The molecular formula is C13H21N3O2. The molecule has 18 heavy (non-hydrogen) atoms. The number of carbonyl (C=O) groups is 1. The molecule has 1 atom stereocenters. The third-order valence-corrected chi connectivity index (χ3v) is 3.61. The van der Waals surface area contributed by atoms with Crippen LogP contribution in [0.3, 0.4) is 0 Å². The summed E-state index contributed by atoms with van der Waals surface area (Å²) in [5, 5.41) is 13.6. The second kappa shape index (κ2) is 5.52. The highest BCUT2D eigenvalue weighted by atomic mass is 16.4. The van der Waals surface area contributed by atoms with Gasteiger partial charge in [0.05, 0.1) is 11.4 Å². The van der Waals surface area contributed by atoms with Gasteiger partial charge in [-0.05, 0) is 32.4 Å². The monoisotopic (exact) mass is 251 g/mol. The largest absolute Gasteiger partial charge is 0.480 e. The molecule has 0 aliphatic carbocycles. The molecule has 1 fully saturated rings. The van der Waals surface area contributed by atoms with Gasteiger partial charge in [-0.1, -0.05) is 12.8 Å². The van der Waals surface area contributed by atoms with Gasteiger partial charge in [0.15, 0.2) is 0 Å². The number of likely N-dealkylation sites (tertiary alicyclic amines) is 1. The van der Waals surface area contributed by atoms with Gasteiger partial charge in [-0.25, -0.2) is 0 Å². The number of aromatic nitrogens is 2. The highest BCUT2D eigenvalue weighted by Gasteiger charge is 2.27. The molecule has 0 saturated carbocycles. The van der Waals surface area contributed by atoms with Crippen LogP contribution in [0.25, 0.3) is 0 Å². The lowest BCUT2D eigenvalue weighted by molar-refractivity contribution is -0.143. The Morgan fingerprint density at radius 2 is 2.28 bits per heavy atom. The van der Waals surface area contributed by atoms with Crippen LogP contribution in [0, 0.1) is 6.92 Å². The van der Waals surface area contributed by atoms with Gasteiger partial charge >= 0.3 is 5.97 Å². The van der Waals surface area contributed by atoms with Crippen molar-refractivity contribution in [3.05, 3.63) is 17.5 Å². The van der Waals surface area contributed by atoms with Crippen molar-refractivity contribution < 1.29 is 9.90 Å². The van der Waals surface area contributed by atoms with Gasteiger partial charge in [0.25, 0.3) is 0 Å². The molecule has 0 spiro atoms. The SMILES string of the molecule is Cc1cc(CN2CCCCCC2C(=O)O)n(C)n1. The number of hydrogen-bond acceptors (Lipinski definition) is 3. The Balaban J connectivity index is 2.13. The molecule has 1 N–H and O–H groups in total. The summed E-state index contributed by atoms with van der Waals surface area (Å²) in [5.41, 5.74) is 2.06. The molecule has 0 bridgehead atoms. The standard InChI is InChI=1S/C13H21N3O2/c1-10-8-11(15(2)14-10)9-16-7-5-3-4-6-12(16)13(17)18/h8,12H,3-7,9H2,1-2H3,(H,17,18). The molecule has 0 amide bonds. The Morgan fingerprint density at radius 3 is 2.89 bits per heavy atom. The Morgan fingerprint density at radius 1 is 1.50 bits per heavy atom. The molecule has 100 valence electrons. The quantitative estimate of drug-likeness (QED) is 0.885. The Bertz CT molecular complexity index is 428. The van der Waals surface area contributed by atoms with E-state index < -0.39 is 5.97 Å². The maximum absolute atomic E-state index is 11.3. The topological polar surface area (TPSA) is 58.4 Å². The van der Waals surface area contributed by atoms with Gasteiger partial charge in [-0.15, -0.1) is 0 Å². The van der Waals surface area contributed by atoms with Crippen molar-refractivity contribution in [3.8, 4) is 0 Å². The first-order valence-electron chi connectivity index (χ1n) is 6.54. The first kappa shape index (κ1) is 13.1. The summed E-state index contributed by atoms with van der Waals surface area (Å²) in [7, 11) is 1.91. The van der Waals surface area contributed by atoms with Gasteiger partial charge in [0.2, 0.25) is 0 Å². The molecular weight excluding hydrogens is 230 g/mol. The average molecular weight is 251 g/mol. The molecule has 2 heterocycles. The molecule has 1 saturated heterocycles. The van der Waals surface area contributed by atoms with E-state index in [2.05, 4.69) is 10.00 Å². The van der Waals surface area contributed by atoms with Crippen LogP contribution < -0.4 is 0 Å². The minimum absolute atomic E-state index is 0.345. The molecule has 1 aromatic rings. The second-order valence-corrected chi connectivity index (χ2v) is 5.07. The highest BCUT2D eigenvalue weighted by molar-refractivity contribution is 5.73. The van der Waals surface area contributed by atoms with Crippen LogP contribution in [0.15, 0.2) is 6.07 Å². The normalized spacial score (nSPS) is 21.8.